The number of hydrogen-bond donors (Lipinski definition) is 1. The highest BCUT2D eigenvalue weighted by atomic mass is 16.5. The van der Waals surface area contributed by atoms with Gasteiger partial charge in [0.1, 0.15) is 0 Å². The predicted octanol–water partition coefficient (Wildman–Crippen LogP) is 1.15. The van der Waals surface area contributed by atoms with E-state index in [-0.39, 0.29) is 6.04 Å². The van der Waals surface area contributed by atoms with Crippen LogP contribution in [0.15, 0.2) is 6.07 Å². The zero-order valence-electron chi connectivity index (χ0n) is 9.16. The van der Waals surface area contributed by atoms with Crippen molar-refractivity contribution in [3.8, 4) is 0 Å². The topological polar surface area (TPSA) is 53.1 Å². The van der Waals surface area contributed by atoms with E-state index in [0.29, 0.717) is 0 Å². The van der Waals surface area contributed by atoms with Crippen LogP contribution in [-0.2, 0) is 11.8 Å². The minimum absolute atomic E-state index is 0.0661. The lowest BCUT2D eigenvalue weighted by Crippen LogP contribution is -2.15. The number of hydrogen-bond acceptors (Lipinski definition) is 3. The highest BCUT2D eigenvalue weighted by molar-refractivity contribution is 5.12. The molecule has 1 aromatic rings. The molecule has 1 aromatic heterocycles. The maximum Gasteiger partial charge on any atom is 0.0597 e. The van der Waals surface area contributed by atoms with E-state index in [4.69, 9.17) is 10.5 Å². The maximum absolute atomic E-state index is 6.03. The van der Waals surface area contributed by atoms with Gasteiger partial charge in [-0.1, -0.05) is 0 Å². The summed E-state index contributed by atoms with van der Waals surface area (Å²) >= 11 is 0. The minimum Gasteiger partial charge on any atom is -0.385 e. The Kier molecular flexibility index (Phi) is 4.10. The summed E-state index contributed by atoms with van der Waals surface area (Å²) in [5.41, 5.74) is 8.15. The summed E-state index contributed by atoms with van der Waals surface area (Å²) in [7, 11) is 3.64. The minimum atomic E-state index is 0.0661. The average Bonchev–Trinajstić information content (AvgIpc) is 2.45. The maximum atomic E-state index is 6.03. The molecule has 0 saturated carbocycles. The Morgan fingerprint density at radius 1 is 1.64 bits per heavy atom. The molecule has 0 aromatic carbocycles. The first-order valence-electron chi connectivity index (χ1n) is 4.90. The molecule has 1 heterocycles. The Morgan fingerprint density at radius 3 is 2.86 bits per heavy atom. The van der Waals surface area contributed by atoms with Crippen LogP contribution in [0.2, 0.25) is 0 Å². The van der Waals surface area contributed by atoms with Gasteiger partial charge >= 0.3 is 0 Å². The molecule has 1 atom stereocenters. The standard InChI is InChI=1S/C10H19N3O/c1-8-7-10(13(2)12-8)9(11)5-4-6-14-3/h7,9H,4-6,11H2,1-3H3. The number of aryl methyl sites for hydroxylation is 2. The van der Waals surface area contributed by atoms with E-state index in [1.807, 2.05) is 24.7 Å². The normalized spacial score (nSPS) is 13.1. The van der Waals surface area contributed by atoms with Gasteiger partial charge in [0.05, 0.1) is 11.4 Å². The number of nitrogens with two attached hydrogens (primary N) is 1. The van der Waals surface area contributed by atoms with Crippen LogP contribution < -0.4 is 5.73 Å². The molecule has 0 amide bonds. The zero-order valence-corrected chi connectivity index (χ0v) is 9.16. The number of nitrogens with zero attached hydrogens (tertiary/aromatic N) is 2. The summed E-state index contributed by atoms with van der Waals surface area (Å²) < 4.78 is 6.84. The molecular formula is C10H19N3O. The second-order valence-corrected chi connectivity index (χ2v) is 3.58. The molecule has 4 heteroatoms. The molecule has 0 saturated heterocycles. The molecule has 14 heavy (non-hydrogen) atoms. The van der Waals surface area contributed by atoms with Crippen molar-refractivity contribution in [3.63, 3.8) is 0 Å². The Hall–Kier alpha value is -0.870. The lowest BCUT2D eigenvalue weighted by atomic mass is 10.1. The van der Waals surface area contributed by atoms with E-state index in [2.05, 4.69) is 5.10 Å². The fourth-order valence-electron chi connectivity index (χ4n) is 1.57. The van der Waals surface area contributed by atoms with Gasteiger partial charge in [-0.3, -0.25) is 4.68 Å². The molecule has 0 fully saturated rings. The van der Waals surface area contributed by atoms with Gasteiger partial charge in [-0.15, -0.1) is 0 Å². The fraction of sp³-hybridized carbons (Fsp3) is 0.700. The molecule has 0 bridgehead atoms. The summed E-state index contributed by atoms with van der Waals surface area (Å²) in [6, 6.07) is 2.11. The van der Waals surface area contributed by atoms with Gasteiger partial charge in [0.15, 0.2) is 0 Å². The first-order valence-corrected chi connectivity index (χ1v) is 4.90. The van der Waals surface area contributed by atoms with Gasteiger partial charge in [0.25, 0.3) is 0 Å². The molecule has 1 unspecified atom stereocenters. The van der Waals surface area contributed by atoms with Crippen LogP contribution in [-0.4, -0.2) is 23.5 Å². The molecule has 0 spiro atoms. The highest BCUT2D eigenvalue weighted by Gasteiger charge is 2.10. The van der Waals surface area contributed by atoms with E-state index in [1.54, 1.807) is 7.11 Å². The lowest BCUT2D eigenvalue weighted by molar-refractivity contribution is 0.190. The van der Waals surface area contributed by atoms with Crippen molar-refractivity contribution in [2.24, 2.45) is 12.8 Å². The van der Waals surface area contributed by atoms with Crippen molar-refractivity contribution in [2.45, 2.75) is 25.8 Å². The SMILES string of the molecule is COCCCC(N)c1cc(C)nn1C. The highest BCUT2D eigenvalue weighted by Crippen LogP contribution is 2.15. The van der Waals surface area contributed by atoms with E-state index < -0.39 is 0 Å². The Bertz CT molecular complexity index is 283. The van der Waals surface area contributed by atoms with Crippen molar-refractivity contribution in [3.05, 3.63) is 17.5 Å². The van der Waals surface area contributed by atoms with Crippen LogP contribution in [0.25, 0.3) is 0 Å². The van der Waals surface area contributed by atoms with Gasteiger partial charge in [-0.25, -0.2) is 0 Å². The number of ether oxygens (including phenoxy) is 1. The van der Waals surface area contributed by atoms with Crippen LogP contribution in [0.5, 0.6) is 0 Å². The zero-order chi connectivity index (χ0) is 10.6. The Balaban J connectivity index is 2.51. The van der Waals surface area contributed by atoms with Gasteiger partial charge in [-0.2, -0.15) is 5.10 Å². The van der Waals surface area contributed by atoms with Gasteiger partial charge < -0.3 is 10.5 Å². The second-order valence-electron chi connectivity index (χ2n) is 3.58. The molecule has 80 valence electrons. The Morgan fingerprint density at radius 2 is 2.36 bits per heavy atom. The van der Waals surface area contributed by atoms with Crippen molar-refractivity contribution in [1.82, 2.24) is 9.78 Å². The molecule has 2 N–H and O–H groups in total. The van der Waals surface area contributed by atoms with Crippen LogP contribution in [0, 0.1) is 6.92 Å². The van der Waals surface area contributed by atoms with Gasteiger partial charge in [0.2, 0.25) is 0 Å². The summed E-state index contributed by atoms with van der Waals surface area (Å²) in [5, 5.41) is 4.27. The number of aromatic nitrogens is 2. The van der Waals surface area contributed by atoms with Crippen molar-refractivity contribution in [1.29, 1.82) is 0 Å². The predicted molar refractivity (Wildman–Crippen MR) is 56.0 cm³/mol. The third-order valence-electron chi connectivity index (χ3n) is 2.28. The molecule has 0 radical (unpaired) electrons. The monoisotopic (exact) mass is 197 g/mol. The molecule has 0 aliphatic heterocycles. The van der Waals surface area contributed by atoms with Gasteiger partial charge in [0, 0.05) is 26.8 Å². The summed E-state index contributed by atoms with van der Waals surface area (Å²) in [6.45, 7) is 2.75. The third kappa shape index (κ3) is 2.82. The first kappa shape index (κ1) is 11.2. The van der Waals surface area contributed by atoms with E-state index in [1.165, 1.54) is 0 Å². The fourth-order valence-corrected chi connectivity index (χ4v) is 1.57. The summed E-state index contributed by atoms with van der Waals surface area (Å²) in [4.78, 5) is 0. The first-order chi connectivity index (χ1) is 6.65. The average molecular weight is 197 g/mol. The molecule has 0 aliphatic carbocycles. The lowest BCUT2D eigenvalue weighted by Gasteiger charge is -2.11. The van der Waals surface area contributed by atoms with E-state index in [9.17, 15) is 0 Å². The van der Waals surface area contributed by atoms with Crippen molar-refractivity contribution in [2.75, 3.05) is 13.7 Å². The summed E-state index contributed by atoms with van der Waals surface area (Å²) in [5.74, 6) is 0. The molecule has 1 rings (SSSR count). The van der Waals surface area contributed by atoms with Crippen LogP contribution in [0.3, 0.4) is 0 Å². The molecule has 0 aliphatic rings. The molecule has 4 nitrogen and oxygen atoms in total. The largest absolute Gasteiger partial charge is 0.385 e. The smallest absolute Gasteiger partial charge is 0.0597 e. The van der Waals surface area contributed by atoms with E-state index in [0.717, 1.165) is 30.8 Å². The second kappa shape index (κ2) is 5.12. The van der Waals surface area contributed by atoms with Crippen molar-refractivity contribution < 1.29 is 4.74 Å². The van der Waals surface area contributed by atoms with Crippen LogP contribution in [0.1, 0.15) is 30.3 Å². The summed E-state index contributed by atoms with van der Waals surface area (Å²) in [6.07, 6.45) is 1.93. The van der Waals surface area contributed by atoms with Gasteiger partial charge in [-0.05, 0) is 25.8 Å². The quantitative estimate of drug-likeness (QED) is 0.720. The number of methoxy groups -OCH3 is 1. The van der Waals surface area contributed by atoms with Crippen molar-refractivity contribution >= 4 is 0 Å². The Labute approximate surface area is 85.0 Å². The van der Waals surface area contributed by atoms with Crippen LogP contribution >= 0.6 is 0 Å². The third-order valence-corrected chi connectivity index (χ3v) is 2.28. The number of rotatable bonds is 5. The van der Waals surface area contributed by atoms with Crippen LogP contribution in [0.4, 0.5) is 0 Å². The van der Waals surface area contributed by atoms with E-state index >= 15 is 0 Å². The molecular weight excluding hydrogens is 178 g/mol.